The number of rotatable bonds is 5. The van der Waals surface area contributed by atoms with Crippen LogP contribution in [0.25, 0.3) is 0 Å². The van der Waals surface area contributed by atoms with Crippen molar-refractivity contribution in [2.45, 2.75) is 45.9 Å². The first-order chi connectivity index (χ1) is 6.22. The zero-order chi connectivity index (χ0) is 9.68. The molecule has 1 heterocycles. The molecule has 1 N–H and O–H groups in total. The predicted octanol–water partition coefficient (Wildman–Crippen LogP) is 0.956. The van der Waals surface area contributed by atoms with Crippen LogP contribution < -0.4 is 4.57 Å². The van der Waals surface area contributed by atoms with E-state index in [0.717, 1.165) is 6.54 Å². The molecule has 0 spiro atoms. The normalized spacial score (nSPS) is 13.2. The van der Waals surface area contributed by atoms with Crippen LogP contribution >= 0.6 is 0 Å². The van der Waals surface area contributed by atoms with Gasteiger partial charge in [0, 0.05) is 0 Å². The number of aliphatic hydroxyl groups is 1. The van der Waals surface area contributed by atoms with E-state index in [0.29, 0.717) is 6.54 Å². The fraction of sp³-hybridized carbons (Fsp3) is 0.700. The van der Waals surface area contributed by atoms with Crippen molar-refractivity contribution in [1.82, 2.24) is 4.57 Å². The van der Waals surface area contributed by atoms with Gasteiger partial charge in [0.15, 0.2) is 0 Å². The molecule has 0 fully saturated rings. The molecule has 1 aromatic heterocycles. The summed E-state index contributed by atoms with van der Waals surface area (Å²) >= 11 is 0. The topological polar surface area (TPSA) is 29.0 Å². The number of aromatic nitrogens is 2. The van der Waals surface area contributed by atoms with Crippen LogP contribution in [-0.2, 0) is 13.1 Å². The maximum Gasteiger partial charge on any atom is 0.243 e. The standard InChI is InChI=1S/C10H19N2O/c1-3-4-5-11-6-7-12(9-11)8-10(2)13/h6-7,9-10,13H,3-5,8H2,1-2H3/q+1. The lowest BCUT2D eigenvalue weighted by Gasteiger charge is -1.98. The number of hydrogen-bond donors (Lipinski definition) is 1. The fourth-order valence-corrected chi connectivity index (χ4v) is 1.32. The summed E-state index contributed by atoms with van der Waals surface area (Å²) in [6.45, 7) is 5.74. The minimum absolute atomic E-state index is 0.271. The van der Waals surface area contributed by atoms with Gasteiger partial charge >= 0.3 is 0 Å². The number of aliphatic hydroxyl groups excluding tert-OH is 1. The Balaban J connectivity index is 2.44. The highest BCUT2D eigenvalue weighted by Crippen LogP contribution is 1.93. The van der Waals surface area contributed by atoms with Crippen molar-refractivity contribution in [3.8, 4) is 0 Å². The Kier molecular flexibility index (Phi) is 3.96. The van der Waals surface area contributed by atoms with Gasteiger partial charge in [-0.15, -0.1) is 0 Å². The molecule has 0 radical (unpaired) electrons. The maximum absolute atomic E-state index is 9.16. The molecule has 1 atom stereocenters. The quantitative estimate of drug-likeness (QED) is 0.677. The van der Waals surface area contributed by atoms with Crippen molar-refractivity contribution in [2.24, 2.45) is 0 Å². The molecule has 0 aliphatic heterocycles. The van der Waals surface area contributed by atoms with Crippen molar-refractivity contribution in [2.75, 3.05) is 0 Å². The third kappa shape index (κ3) is 3.59. The van der Waals surface area contributed by atoms with Crippen molar-refractivity contribution in [3.05, 3.63) is 18.7 Å². The molecule has 0 aliphatic carbocycles. The Bertz CT molecular complexity index is 243. The first kappa shape index (κ1) is 10.3. The van der Waals surface area contributed by atoms with Crippen LogP contribution in [0.15, 0.2) is 18.7 Å². The summed E-state index contributed by atoms with van der Waals surface area (Å²) in [5, 5.41) is 9.16. The molecule has 0 aliphatic rings. The van der Waals surface area contributed by atoms with Crippen LogP contribution in [-0.4, -0.2) is 15.8 Å². The molecule has 0 amide bonds. The third-order valence-electron chi connectivity index (χ3n) is 1.99. The summed E-state index contributed by atoms with van der Waals surface area (Å²) in [5.41, 5.74) is 0. The van der Waals surface area contributed by atoms with Crippen molar-refractivity contribution in [1.29, 1.82) is 0 Å². The second-order valence-electron chi connectivity index (χ2n) is 3.55. The second kappa shape index (κ2) is 5.02. The van der Waals surface area contributed by atoms with E-state index < -0.39 is 0 Å². The Morgan fingerprint density at radius 3 is 2.92 bits per heavy atom. The van der Waals surface area contributed by atoms with Gasteiger partial charge in [-0.05, 0) is 13.3 Å². The molecule has 1 rings (SSSR count). The van der Waals surface area contributed by atoms with Gasteiger partial charge in [-0.3, -0.25) is 0 Å². The number of unbranched alkanes of at least 4 members (excludes halogenated alkanes) is 1. The van der Waals surface area contributed by atoms with Crippen LogP contribution in [0.4, 0.5) is 0 Å². The van der Waals surface area contributed by atoms with E-state index in [1.54, 1.807) is 6.92 Å². The Morgan fingerprint density at radius 2 is 2.31 bits per heavy atom. The van der Waals surface area contributed by atoms with Crippen LogP contribution in [0, 0.1) is 0 Å². The zero-order valence-corrected chi connectivity index (χ0v) is 8.48. The van der Waals surface area contributed by atoms with Crippen molar-refractivity contribution in [3.63, 3.8) is 0 Å². The smallest absolute Gasteiger partial charge is 0.243 e. The molecule has 3 heteroatoms. The van der Waals surface area contributed by atoms with Crippen LogP contribution in [0.3, 0.4) is 0 Å². The first-order valence-corrected chi connectivity index (χ1v) is 4.95. The second-order valence-corrected chi connectivity index (χ2v) is 3.55. The van der Waals surface area contributed by atoms with E-state index in [2.05, 4.69) is 17.7 Å². The molecule has 0 bridgehead atoms. The van der Waals surface area contributed by atoms with Crippen LogP contribution in [0.2, 0.25) is 0 Å². The van der Waals surface area contributed by atoms with Crippen molar-refractivity contribution < 1.29 is 9.67 Å². The highest BCUT2D eigenvalue weighted by molar-refractivity contribution is 4.66. The fourth-order valence-electron chi connectivity index (χ4n) is 1.32. The highest BCUT2D eigenvalue weighted by atomic mass is 16.3. The number of aryl methyl sites for hydroxylation is 1. The van der Waals surface area contributed by atoms with E-state index in [9.17, 15) is 0 Å². The minimum Gasteiger partial charge on any atom is -0.389 e. The third-order valence-corrected chi connectivity index (χ3v) is 1.99. The lowest BCUT2D eigenvalue weighted by Crippen LogP contribution is -2.36. The molecule has 1 unspecified atom stereocenters. The van der Waals surface area contributed by atoms with Crippen LogP contribution in [0.5, 0.6) is 0 Å². The molecule has 0 saturated carbocycles. The first-order valence-electron chi connectivity index (χ1n) is 4.95. The van der Waals surface area contributed by atoms with E-state index in [4.69, 9.17) is 5.11 Å². The molecule has 13 heavy (non-hydrogen) atoms. The predicted molar refractivity (Wildman–Crippen MR) is 51.2 cm³/mol. The van der Waals surface area contributed by atoms with Gasteiger partial charge in [-0.2, -0.15) is 0 Å². The summed E-state index contributed by atoms with van der Waals surface area (Å²) in [4.78, 5) is 0. The summed E-state index contributed by atoms with van der Waals surface area (Å²) in [6.07, 6.45) is 8.26. The summed E-state index contributed by atoms with van der Waals surface area (Å²) in [6, 6.07) is 0. The molecule has 1 aromatic rings. The van der Waals surface area contributed by atoms with Gasteiger partial charge in [0.1, 0.15) is 18.9 Å². The molecular formula is C10H19N2O+. The van der Waals surface area contributed by atoms with Gasteiger partial charge in [-0.1, -0.05) is 13.3 Å². The Morgan fingerprint density at radius 1 is 1.54 bits per heavy atom. The maximum atomic E-state index is 9.16. The number of nitrogens with zero attached hydrogens (tertiary/aromatic N) is 2. The summed E-state index contributed by atoms with van der Waals surface area (Å²) < 4.78 is 4.17. The number of imidazole rings is 1. The summed E-state index contributed by atoms with van der Waals surface area (Å²) in [7, 11) is 0. The molecule has 3 nitrogen and oxygen atoms in total. The average Bonchev–Trinajstić information content (AvgIpc) is 2.48. The van der Waals surface area contributed by atoms with E-state index in [1.165, 1.54) is 12.8 Å². The van der Waals surface area contributed by atoms with Crippen LogP contribution in [0.1, 0.15) is 26.7 Å². The molecule has 0 saturated heterocycles. The Hall–Kier alpha value is -0.830. The summed E-state index contributed by atoms with van der Waals surface area (Å²) in [5.74, 6) is 0. The zero-order valence-electron chi connectivity index (χ0n) is 8.48. The van der Waals surface area contributed by atoms with Gasteiger partial charge in [-0.25, -0.2) is 9.13 Å². The largest absolute Gasteiger partial charge is 0.389 e. The minimum atomic E-state index is -0.271. The number of hydrogen-bond acceptors (Lipinski definition) is 1. The average molecular weight is 183 g/mol. The molecule has 74 valence electrons. The highest BCUT2D eigenvalue weighted by Gasteiger charge is 2.05. The van der Waals surface area contributed by atoms with Gasteiger partial charge < -0.3 is 5.11 Å². The van der Waals surface area contributed by atoms with Gasteiger partial charge in [0.2, 0.25) is 6.33 Å². The van der Waals surface area contributed by atoms with E-state index >= 15 is 0 Å². The monoisotopic (exact) mass is 183 g/mol. The molecule has 0 aromatic carbocycles. The molecular weight excluding hydrogens is 164 g/mol. The lowest BCUT2D eigenvalue weighted by atomic mass is 10.3. The van der Waals surface area contributed by atoms with Gasteiger partial charge in [0.25, 0.3) is 0 Å². The van der Waals surface area contributed by atoms with E-state index in [-0.39, 0.29) is 6.10 Å². The van der Waals surface area contributed by atoms with E-state index in [1.807, 2.05) is 17.1 Å². The lowest BCUT2D eigenvalue weighted by molar-refractivity contribution is -0.702. The SMILES string of the molecule is CCCCn1cc[n+](CC(C)O)c1. The Labute approximate surface area is 79.6 Å². The van der Waals surface area contributed by atoms with Gasteiger partial charge in [0.05, 0.1) is 12.6 Å². The van der Waals surface area contributed by atoms with Crippen molar-refractivity contribution >= 4 is 0 Å².